The summed E-state index contributed by atoms with van der Waals surface area (Å²) in [5.74, 6) is 0. The third-order valence-electron chi connectivity index (χ3n) is 3.46. The van der Waals surface area contributed by atoms with Crippen molar-refractivity contribution in [2.45, 2.75) is 104 Å². The van der Waals surface area contributed by atoms with Crippen LogP contribution in [0.3, 0.4) is 0 Å². The molecule has 0 aliphatic carbocycles. The van der Waals surface area contributed by atoms with E-state index in [4.69, 9.17) is 0 Å². The van der Waals surface area contributed by atoms with Gasteiger partial charge in [0.05, 0.1) is 0 Å². The van der Waals surface area contributed by atoms with E-state index in [1.807, 2.05) is 0 Å². The van der Waals surface area contributed by atoms with Gasteiger partial charge >= 0.3 is 29.6 Å². The van der Waals surface area contributed by atoms with Crippen molar-refractivity contribution in [3.63, 3.8) is 0 Å². The van der Waals surface area contributed by atoms with Crippen molar-refractivity contribution >= 4 is 0 Å². The topological polar surface area (TPSA) is 0 Å². The fourth-order valence-electron chi connectivity index (χ4n) is 2.27. The first kappa shape index (κ1) is 20.3. The minimum absolute atomic E-state index is 0. The molecule has 0 aromatic heterocycles. The minimum Gasteiger partial charge on any atom is -1.00 e. The quantitative estimate of drug-likeness (QED) is 0.346. The molecule has 0 fully saturated rings. The Kier molecular flexibility index (Phi) is 23.1. The summed E-state index contributed by atoms with van der Waals surface area (Å²) in [6.45, 7) is 4.58. The van der Waals surface area contributed by atoms with Gasteiger partial charge in [-0.15, -0.1) is 0 Å². The smallest absolute Gasteiger partial charge is 1.00 e. The van der Waals surface area contributed by atoms with Crippen molar-refractivity contribution in [1.29, 1.82) is 0 Å². The summed E-state index contributed by atoms with van der Waals surface area (Å²) in [4.78, 5) is 0. The molecule has 100 valence electrons. The molecule has 0 heterocycles. The maximum atomic E-state index is 2.29. The van der Waals surface area contributed by atoms with E-state index in [2.05, 4.69) is 13.8 Å². The SMILES string of the molecule is CCCCCCCCCCCCCCCC.[H-].[Na+]. The maximum absolute atomic E-state index is 2.29. The van der Waals surface area contributed by atoms with Crippen LogP contribution in [0, 0.1) is 0 Å². The molecule has 0 saturated carbocycles. The second-order valence-electron chi connectivity index (χ2n) is 5.24. The van der Waals surface area contributed by atoms with Crippen LogP contribution in [0.25, 0.3) is 0 Å². The standard InChI is InChI=1S/C16H34.Na.H/c1-3-5-7-9-11-13-15-16-14-12-10-8-6-4-2;;/h3-16H2,1-2H3;;/q;+1;-1. The zero-order valence-corrected chi connectivity index (χ0v) is 14.9. The van der Waals surface area contributed by atoms with Gasteiger partial charge in [-0.2, -0.15) is 0 Å². The Morgan fingerprint density at radius 3 is 0.765 bits per heavy atom. The molecule has 17 heavy (non-hydrogen) atoms. The van der Waals surface area contributed by atoms with Gasteiger partial charge in [0, 0.05) is 0 Å². The summed E-state index contributed by atoms with van der Waals surface area (Å²) in [5.41, 5.74) is 0. The van der Waals surface area contributed by atoms with E-state index in [0.717, 1.165) is 0 Å². The third kappa shape index (κ3) is 19.5. The molecule has 0 amide bonds. The summed E-state index contributed by atoms with van der Waals surface area (Å²) in [7, 11) is 0. The number of rotatable bonds is 13. The molecule has 0 aromatic rings. The maximum Gasteiger partial charge on any atom is 1.00 e. The van der Waals surface area contributed by atoms with E-state index >= 15 is 0 Å². The fraction of sp³-hybridized carbons (Fsp3) is 1.00. The first-order valence-corrected chi connectivity index (χ1v) is 7.91. The largest absolute Gasteiger partial charge is 1.00 e. The van der Waals surface area contributed by atoms with Crippen LogP contribution in [-0.4, -0.2) is 0 Å². The average Bonchev–Trinajstić information content (AvgIpc) is 2.31. The Bertz CT molecular complexity index is 104. The van der Waals surface area contributed by atoms with Gasteiger partial charge in [-0.3, -0.25) is 0 Å². The van der Waals surface area contributed by atoms with Crippen LogP contribution in [-0.2, 0) is 0 Å². The molecule has 0 aliphatic rings. The molecule has 0 nitrogen and oxygen atoms in total. The summed E-state index contributed by atoms with van der Waals surface area (Å²) in [5, 5.41) is 0. The van der Waals surface area contributed by atoms with E-state index in [9.17, 15) is 0 Å². The molecule has 0 unspecified atom stereocenters. The predicted molar refractivity (Wildman–Crippen MR) is 77.1 cm³/mol. The van der Waals surface area contributed by atoms with Gasteiger partial charge in [-0.1, -0.05) is 104 Å². The fourth-order valence-corrected chi connectivity index (χ4v) is 2.27. The number of hydrogen-bond donors (Lipinski definition) is 0. The van der Waals surface area contributed by atoms with Crippen LogP contribution in [0.2, 0.25) is 0 Å². The molecule has 0 bridgehead atoms. The summed E-state index contributed by atoms with van der Waals surface area (Å²) >= 11 is 0. The summed E-state index contributed by atoms with van der Waals surface area (Å²) in [6, 6.07) is 0. The zero-order valence-electron chi connectivity index (χ0n) is 13.9. The third-order valence-corrected chi connectivity index (χ3v) is 3.46. The van der Waals surface area contributed by atoms with Crippen molar-refractivity contribution in [3.8, 4) is 0 Å². The van der Waals surface area contributed by atoms with Crippen molar-refractivity contribution in [2.24, 2.45) is 0 Å². The zero-order chi connectivity index (χ0) is 11.9. The normalized spacial score (nSPS) is 10.2. The van der Waals surface area contributed by atoms with E-state index in [1.54, 1.807) is 0 Å². The van der Waals surface area contributed by atoms with Crippen LogP contribution >= 0.6 is 0 Å². The average molecular weight is 250 g/mol. The molecular weight excluding hydrogens is 215 g/mol. The van der Waals surface area contributed by atoms with Gasteiger partial charge in [0.25, 0.3) is 0 Å². The van der Waals surface area contributed by atoms with Crippen LogP contribution < -0.4 is 29.6 Å². The molecular formula is C16H35Na. The predicted octanol–water partition coefficient (Wildman–Crippen LogP) is 3.60. The molecule has 0 rings (SSSR count). The van der Waals surface area contributed by atoms with Crippen LogP contribution in [0.1, 0.15) is 105 Å². The van der Waals surface area contributed by atoms with Gasteiger partial charge < -0.3 is 1.43 Å². The van der Waals surface area contributed by atoms with Crippen molar-refractivity contribution < 1.29 is 31.0 Å². The summed E-state index contributed by atoms with van der Waals surface area (Å²) in [6.07, 6.45) is 20.4. The van der Waals surface area contributed by atoms with Crippen molar-refractivity contribution in [1.82, 2.24) is 0 Å². The van der Waals surface area contributed by atoms with E-state index in [0.29, 0.717) is 0 Å². The monoisotopic (exact) mass is 250 g/mol. The van der Waals surface area contributed by atoms with Crippen LogP contribution in [0.4, 0.5) is 0 Å². The first-order valence-electron chi connectivity index (χ1n) is 7.91. The molecule has 0 aromatic carbocycles. The Balaban J connectivity index is -0.00000112. The molecule has 0 radical (unpaired) electrons. The Hall–Kier alpha value is 1.00. The van der Waals surface area contributed by atoms with Gasteiger partial charge in [0.2, 0.25) is 0 Å². The van der Waals surface area contributed by atoms with E-state index < -0.39 is 0 Å². The number of unbranched alkanes of at least 4 members (excludes halogenated alkanes) is 13. The van der Waals surface area contributed by atoms with Crippen molar-refractivity contribution in [3.05, 3.63) is 0 Å². The van der Waals surface area contributed by atoms with Crippen LogP contribution in [0.5, 0.6) is 0 Å². The molecule has 1 heteroatoms. The molecule has 0 saturated heterocycles. The van der Waals surface area contributed by atoms with Gasteiger partial charge in [-0.25, -0.2) is 0 Å². The first-order chi connectivity index (χ1) is 7.91. The van der Waals surface area contributed by atoms with E-state index in [-0.39, 0.29) is 31.0 Å². The van der Waals surface area contributed by atoms with Gasteiger partial charge in [0.15, 0.2) is 0 Å². The molecule has 0 N–H and O–H groups in total. The van der Waals surface area contributed by atoms with E-state index in [1.165, 1.54) is 89.9 Å². The van der Waals surface area contributed by atoms with Crippen LogP contribution in [0.15, 0.2) is 0 Å². The molecule has 0 aliphatic heterocycles. The molecule has 0 atom stereocenters. The second-order valence-corrected chi connectivity index (χ2v) is 5.24. The second kappa shape index (κ2) is 19.3. The minimum atomic E-state index is 0. The Morgan fingerprint density at radius 2 is 0.588 bits per heavy atom. The Morgan fingerprint density at radius 1 is 0.412 bits per heavy atom. The Labute approximate surface area is 134 Å². The van der Waals surface area contributed by atoms with Gasteiger partial charge in [-0.05, 0) is 0 Å². The van der Waals surface area contributed by atoms with Gasteiger partial charge in [0.1, 0.15) is 0 Å². The van der Waals surface area contributed by atoms with Crippen molar-refractivity contribution in [2.75, 3.05) is 0 Å². The summed E-state index contributed by atoms with van der Waals surface area (Å²) < 4.78 is 0. The molecule has 0 spiro atoms. The number of hydrogen-bond acceptors (Lipinski definition) is 0.